The normalized spacial score (nSPS) is 21.5. The highest BCUT2D eigenvalue weighted by atomic mass is 19.1. The van der Waals surface area contributed by atoms with Crippen LogP contribution in [-0.2, 0) is 6.42 Å². The largest absolute Gasteiger partial charge is 0.313 e. The molecule has 0 heterocycles. The van der Waals surface area contributed by atoms with Crippen LogP contribution in [0.4, 0.5) is 8.78 Å². The first-order valence-corrected chi connectivity index (χ1v) is 6.34. The van der Waals surface area contributed by atoms with Gasteiger partial charge in [-0.05, 0) is 55.2 Å². The fraction of sp³-hybridized carbons (Fsp3) is 0.571. The topological polar surface area (TPSA) is 12.0 Å². The second-order valence-corrected chi connectivity index (χ2v) is 5.61. The molecule has 2 saturated carbocycles. The lowest BCUT2D eigenvalue weighted by molar-refractivity contribution is 0.451. The first-order valence-electron chi connectivity index (χ1n) is 6.34. The molecule has 0 unspecified atom stereocenters. The van der Waals surface area contributed by atoms with Crippen LogP contribution in [-0.4, -0.2) is 12.6 Å². The quantitative estimate of drug-likeness (QED) is 0.830. The molecule has 0 radical (unpaired) electrons. The SMILES string of the molecule is Fc1cc(F)cc(CC2(CNC3CC3)CC2)c1. The van der Waals surface area contributed by atoms with E-state index in [0.717, 1.165) is 24.6 Å². The molecule has 3 rings (SSSR count). The maximum Gasteiger partial charge on any atom is 0.126 e. The minimum absolute atomic E-state index is 0.267. The van der Waals surface area contributed by atoms with Gasteiger partial charge in [-0.15, -0.1) is 0 Å². The van der Waals surface area contributed by atoms with Crippen molar-refractivity contribution in [3.63, 3.8) is 0 Å². The maximum atomic E-state index is 13.1. The number of hydrogen-bond donors (Lipinski definition) is 1. The minimum atomic E-state index is -0.467. The molecule has 0 aromatic heterocycles. The second-order valence-electron chi connectivity index (χ2n) is 5.61. The summed E-state index contributed by atoms with van der Waals surface area (Å²) in [6, 6.07) is 4.56. The van der Waals surface area contributed by atoms with E-state index in [-0.39, 0.29) is 5.41 Å². The van der Waals surface area contributed by atoms with Gasteiger partial charge in [-0.1, -0.05) is 0 Å². The van der Waals surface area contributed by atoms with Gasteiger partial charge in [-0.25, -0.2) is 8.78 Å². The van der Waals surface area contributed by atoms with E-state index in [2.05, 4.69) is 5.32 Å². The highest BCUT2D eigenvalue weighted by Crippen LogP contribution is 2.48. The maximum absolute atomic E-state index is 13.1. The molecule has 92 valence electrons. The Morgan fingerprint density at radius 2 is 1.76 bits per heavy atom. The number of hydrogen-bond acceptors (Lipinski definition) is 1. The summed E-state index contributed by atoms with van der Waals surface area (Å²) in [6.07, 6.45) is 5.70. The molecule has 0 amide bonds. The van der Waals surface area contributed by atoms with Crippen molar-refractivity contribution in [1.82, 2.24) is 5.32 Å². The lowest BCUT2D eigenvalue weighted by Crippen LogP contribution is -2.27. The van der Waals surface area contributed by atoms with E-state index in [1.807, 2.05) is 0 Å². The molecule has 3 heteroatoms. The van der Waals surface area contributed by atoms with Gasteiger partial charge in [0.05, 0.1) is 0 Å². The molecule has 0 saturated heterocycles. The van der Waals surface area contributed by atoms with Crippen LogP contribution in [0.2, 0.25) is 0 Å². The van der Waals surface area contributed by atoms with Crippen molar-refractivity contribution < 1.29 is 8.78 Å². The molecule has 1 aromatic rings. The molecular weight excluding hydrogens is 220 g/mol. The van der Waals surface area contributed by atoms with Crippen molar-refractivity contribution in [3.8, 4) is 0 Å². The Balaban J connectivity index is 1.64. The third-order valence-electron chi connectivity index (χ3n) is 3.80. The van der Waals surface area contributed by atoms with Crippen LogP contribution in [0, 0.1) is 17.0 Å². The van der Waals surface area contributed by atoms with Gasteiger partial charge in [0.15, 0.2) is 0 Å². The molecule has 1 aromatic carbocycles. The first-order chi connectivity index (χ1) is 8.15. The Morgan fingerprint density at radius 3 is 2.29 bits per heavy atom. The van der Waals surface area contributed by atoms with Crippen molar-refractivity contribution in [2.75, 3.05) is 6.54 Å². The van der Waals surface area contributed by atoms with Gasteiger partial charge in [-0.2, -0.15) is 0 Å². The van der Waals surface area contributed by atoms with Crippen LogP contribution < -0.4 is 5.32 Å². The Kier molecular flexibility index (Phi) is 2.66. The van der Waals surface area contributed by atoms with Crippen LogP contribution in [0.5, 0.6) is 0 Å². The molecule has 2 fully saturated rings. The Labute approximate surface area is 100 Å². The predicted octanol–water partition coefficient (Wildman–Crippen LogP) is 3.04. The lowest BCUT2D eigenvalue weighted by atomic mass is 9.96. The van der Waals surface area contributed by atoms with Crippen molar-refractivity contribution in [1.29, 1.82) is 0 Å². The number of benzene rings is 1. The molecule has 0 spiro atoms. The summed E-state index contributed by atoms with van der Waals surface area (Å²) in [6.45, 7) is 0.996. The fourth-order valence-electron chi connectivity index (χ4n) is 2.39. The standard InChI is InChI=1S/C14H17F2N/c15-11-5-10(6-12(16)7-11)8-14(3-4-14)9-17-13-1-2-13/h5-7,13,17H,1-4,8-9H2. The van der Waals surface area contributed by atoms with E-state index < -0.39 is 11.6 Å². The van der Waals surface area contributed by atoms with Gasteiger partial charge in [0.25, 0.3) is 0 Å². The Hall–Kier alpha value is -0.960. The summed E-state index contributed by atoms with van der Waals surface area (Å²) in [5.41, 5.74) is 1.06. The van der Waals surface area contributed by atoms with E-state index in [1.54, 1.807) is 0 Å². The van der Waals surface area contributed by atoms with Gasteiger partial charge in [0.1, 0.15) is 11.6 Å². The molecule has 1 nitrogen and oxygen atoms in total. The van der Waals surface area contributed by atoms with Crippen LogP contribution in [0.3, 0.4) is 0 Å². The molecule has 2 aliphatic rings. The number of nitrogens with one attached hydrogen (secondary N) is 1. The highest BCUT2D eigenvalue weighted by Gasteiger charge is 2.43. The van der Waals surface area contributed by atoms with Crippen molar-refractivity contribution in [2.45, 2.75) is 38.1 Å². The first kappa shape index (κ1) is 11.1. The zero-order valence-electron chi connectivity index (χ0n) is 9.81. The lowest BCUT2D eigenvalue weighted by Gasteiger charge is -2.16. The monoisotopic (exact) mass is 237 g/mol. The van der Waals surface area contributed by atoms with E-state index in [4.69, 9.17) is 0 Å². The van der Waals surface area contributed by atoms with Crippen molar-refractivity contribution in [2.24, 2.45) is 5.41 Å². The average Bonchev–Trinajstić information content (AvgIpc) is 3.09. The van der Waals surface area contributed by atoms with Crippen molar-refractivity contribution in [3.05, 3.63) is 35.4 Å². The molecule has 17 heavy (non-hydrogen) atoms. The Bertz CT molecular complexity index is 402. The predicted molar refractivity (Wildman–Crippen MR) is 62.8 cm³/mol. The van der Waals surface area contributed by atoms with Gasteiger partial charge >= 0.3 is 0 Å². The third kappa shape index (κ3) is 2.83. The van der Waals surface area contributed by atoms with Gasteiger partial charge < -0.3 is 5.32 Å². The zero-order chi connectivity index (χ0) is 11.9. The summed E-state index contributed by atoms with van der Waals surface area (Å²) in [4.78, 5) is 0. The van der Waals surface area contributed by atoms with Crippen LogP contribution in [0.25, 0.3) is 0 Å². The van der Waals surface area contributed by atoms with E-state index >= 15 is 0 Å². The smallest absolute Gasteiger partial charge is 0.126 e. The van der Waals surface area contributed by atoms with E-state index in [9.17, 15) is 8.78 Å². The highest BCUT2D eigenvalue weighted by molar-refractivity contribution is 5.21. The van der Waals surface area contributed by atoms with Gasteiger partial charge in [-0.3, -0.25) is 0 Å². The minimum Gasteiger partial charge on any atom is -0.313 e. The summed E-state index contributed by atoms with van der Waals surface area (Å²) in [5.74, 6) is -0.933. The molecule has 0 aliphatic heterocycles. The molecule has 1 N–H and O–H groups in total. The zero-order valence-corrected chi connectivity index (χ0v) is 9.81. The average molecular weight is 237 g/mol. The molecule has 0 bridgehead atoms. The third-order valence-corrected chi connectivity index (χ3v) is 3.80. The van der Waals surface area contributed by atoms with Gasteiger partial charge in [0.2, 0.25) is 0 Å². The molecule has 0 atom stereocenters. The number of rotatable bonds is 5. The summed E-state index contributed by atoms with van der Waals surface area (Å²) in [7, 11) is 0. The summed E-state index contributed by atoms with van der Waals surface area (Å²) < 4.78 is 26.2. The van der Waals surface area contributed by atoms with E-state index in [1.165, 1.54) is 37.8 Å². The van der Waals surface area contributed by atoms with Crippen molar-refractivity contribution >= 4 is 0 Å². The summed E-state index contributed by atoms with van der Waals surface area (Å²) >= 11 is 0. The number of halogens is 2. The van der Waals surface area contributed by atoms with Crippen LogP contribution >= 0.6 is 0 Å². The molecule has 2 aliphatic carbocycles. The molecular formula is C14H17F2N. The second kappa shape index (κ2) is 4.05. The van der Waals surface area contributed by atoms with Crippen LogP contribution in [0.15, 0.2) is 18.2 Å². The van der Waals surface area contributed by atoms with Gasteiger partial charge in [0, 0.05) is 18.7 Å². The Morgan fingerprint density at radius 1 is 1.12 bits per heavy atom. The van der Waals surface area contributed by atoms with E-state index in [0.29, 0.717) is 6.04 Å². The fourth-order valence-corrected chi connectivity index (χ4v) is 2.39. The summed E-state index contributed by atoms with van der Waals surface area (Å²) in [5, 5.41) is 3.52. The van der Waals surface area contributed by atoms with Crippen LogP contribution in [0.1, 0.15) is 31.2 Å².